The first-order valence-corrected chi connectivity index (χ1v) is 10.4. The summed E-state index contributed by atoms with van der Waals surface area (Å²) >= 11 is 1.12. The topological polar surface area (TPSA) is 148 Å². The molecule has 6 N–H and O–H groups in total. The van der Waals surface area contributed by atoms with E-state index in [1.54, 1.807) is 6.26 Å². The van der Waals surface area contributed by atoms with Gasteiger partial charge in [-0.15, -0.1) is 11.8 Å². The van der Waals surface area contributed by atoms with Crippen molar-refractivity contribution in [2.45, 2.75) is 36.5 Å². The van der Waals surface area contributed by atoms with Gasteiger partial charge in [-0.1, -0.05) is 6.07 Å². The number of rotatable bonds is 9. The summed E-state index contributed by atoms with van der Waals surface area (Å²) in [7, 11) is 0. The average molecular weight is 453 g/mol. The van der Waals surface area contributed by atoms with Crippen LogP contribution in [0.15, 0.2) is 29.3 Å². The molecule has 0 spiro atoms. The minimum atomic E-state index is -4.61. The molecule has 1 aromatic carbocycles. The summed E-state index contributed by atoms with van der Waals surface area (Å²) < 4.78 is 40.0. The van der Waals surface area contributed by atoms with Crippen LogP contribution in [0.3, 0.4) is 0 Å². The summed E-state index contributed by atoms with van der Waals surface area (Å²) in [6, 6.07) is 5.23. The maximum atomic E-state index is 13.3. The van der Waals surface area contributed by atoms with Crippen LogP contribution in [0.4, 0.5) is 30.6 Å². The van der Waals surface area contributed by atoms with Gasteiger partial charge < -0.3 is 22.1 Å². The fraction of sp³-hybridized carbons (Fsp3) is 0.368. The summed E-state index contributed by atoms with van der Waals surface area (Å²) in [5.41, 5.74) is 16.0. The Kier molecular flexibility index (Phi) is 8.07. The quantitative estimate of drug-likeness (QED) is 0.298. The lowest BCUT2D eigenvalue weighted by Gasteiger charge is -2.32. The molecule has 0 saturated carbocycles. The van der Waals surface area contributed by atoms with Crippen LogP contribution >= 0.6 is 11.8 Å². The number of benzene rings is 1. The van der Waals surface area contributed by atoms with Gasteiger partial charge in [0.15, 0.2) is 5.82 Å². The number of carbonyl (C=O) groups is 1. The number of nitrogen functional groups attached to an aromatic ring is 1. The first-order valence-electron chi connectivity index (χ1n) is 9.21. The fourth-order valence-corrected chi connectivity index (χ4v) is 3.55. The molecule has 0 unspecified atom stereocenters. The summed E-state index contributed by atoms with van der Waals surface area (Å²) in [4.78, 5) is 21.7. The lowest BCUT2D eigenvalue weighted by Crippen LogP contribution is -2.43. The van der Waals surface area contributed by atoms with Crippen molar-refractivity contribution < 1.29 is 18.0 Å². The number of nitriles is 1. The molecule has 1 atom stereocenters. The van der Waals surface area contributed by atoms with Gasteiger partial charge in [0, 0.05) is 5.69 Å². The molecular weight excluding hydrogens is 431 g/mol. The number of carbonyl (C=O) groups excluding carboxylic acids is 1. The van der Waals surface area contributed by atoms with Gasteiger partial charge in [-0.2, -0.15) is 23.4 Å². The molecule has 1 aromatic heterocycles. The van der Waals surface area contributed by atoms with E-state index < -0.39 is 23.7 Å². The lowest BCUT2D eigenvalue weighted by atomic mass is 10.0. The molecular formula is C19H22F3N7OS. The van der Waals surface area contributed by atoms with Gasteiger partial charge in [0.25, 0.3) is 0 Å². The second-order valence-corrected chi connectivity index (χ2v) is 7.32. The van der Waals surface area contributed by atoms with E-state index in [9.17, 15) is 23.2 Å². The van der Waals surface area contributed by atoms with E-state index in [2.05, 4.69) is 9.97 Å². The van der Waals surface area contributed by atoms with Crippen molar-refractivity contribution in [2.24, 2.45) is 11.5 Å². The number of hydrogen-bond acceptors (Lipinski definition) is 8. The van der Waals surface area contributed by atoms with Crippen molar-refractivity contribution in [3.63, 3.8) is 0 Å². The normalized spacial score (nSPS) is 12.3. The molecule has 0 bridgehead atoms. The molecule has 1 amide bonds. The Morgan fingerprint density at radius 3 is 2.58 bits per heavy atom. The first kappa shape index (κ1) is 24.2. The summed E-state index contributed by atoms with van der Waals surface area (Å²) in [6.07, 6.45) is -1.71. The Labute approximate surface area is 181 Å². The summed E-state index contributed by atoms with van der Waals surface area (Å²) in [5, 5.41) is 9.94. The van der Waals surface area contributed by atoms with Crippen LogP contribution in [-0.4, -0.2) is 34.7 Å². The second kappa shape index (κ2) is 10.3. The number of halogens is 3. The predicted molar refractivity (Wildman–Crippen MR) is 112 cm³/mol. The zero-order valence-electron chi connectivity index (χ0n) is 16.7. The smallest absolute Gasteiger partial charge is 0.368 e. The Morgan fingerprint density at radius 1 is 1.32 bits per heavy atom. The molecule has 1 heterocycles. The van der Waals surface area contributed by atoms with Crippen molar-refractivity contribution in [3.8, 4) is 6.07 Å². The van der Waals surface area contributed by atoms with Gasteiger partial charge >= 0.3 is 6.18 Å². The number of unbranched alkanes of at least 4 members (excludes halogenated alkanes) is 1. The van der Waals surface area contributed by atoms with Crippen LogP contribution in [0.5, 0.6) is 0 Å². The Balaban J connectivity index is 2.77. The molecule has 2 aromatic rings. The molecule has 0 aliphatic carbocycles. The SMILES string of the molecule is CSc1nc(N)nc(N(c2cccc(C(F)(F)F)c2)[C@@H](CCCCN)C(N)=O)c1C#N. The maximum absolute atomic E-state index is 13.3. The minimum absolute atomic E-state index is 0.00646. The van der Waals surface area contributed by atoms with Crippen LogP contribution < -0.4 is 22.1 Å². The van der Waals surface area contributed by atoms with Crippen molar-refractivity contribution in [3.05, 3.63) is 35.4 Å². The average Bonchev–Trinajstić information content (AvgIpc) is 2.72. The largest absolute Gasteiger partial charge is 0.416 e. The van der Waals surface area contributed by atoms with Crippen LogP contribution in [0, 0.1) is 11.3 Å². The van der Waals surface area contributed by atoms with Crippen LogP contribution in [0.1, 0.15) is 30.4 Å². The molecule has 12 heteroatoms. The van der Waals surface area contributed by atoms with Crippen LogP contribution in [-0.2, 0) is 11.0 Å². The van der Waals surface area contributed by atoms with E-state index in [1.165, 1.54) is 17.0 Å². The van der Waals surface area contributed by atoms with Gasteiger partial charge in [-0.25, -0.2) is 4.98 Å². The number of amides is 1. The zero-order chi connectivity index (χ0) is 23.2. The van der Waals surface area contributed by atoms with Crippen molar-refractivity contribution in [1.82, 2.24) is 9.97 Å². The molecule has 0 aliphatic rings. The van der Waals surface area contributed by atoms with Crippen molar-refractivity contribution in [1.29, 1.82) is 5.26 Å². The number of aromatic nitrogens is 2. The predicted octanol–water partition coefficient (Wildman–Crippen LogP) is 2.79. The summed E-state index contributed by atoms with van der Waals surface area (Å²) in [5.74, 6) is -1.07. The Morgan fingerprint density at radius 2 is 2.03 bits per heavy atom. The van der Waals surface area contributed by atoms with E-state index in [4.69, 9.17) is 17.2 Å². The fourth-order valence-electron chi connectivity index (χ4n) is 3.03. The number of thioether (sulfide) groups is 1. The Hall–Kier alpha value is -3.04. The first-order chi connectivity index (χ1) is 14.6. The number of hydrogen-bond donors (Lipinski definition) is 3. The molecule has 0 saturated heterocycles. The monoisotopic (exact) mass is 453 g/mol. The van der Waals surface area contributed by atoms with Crippen molar-refractivity contribution >= 4 is 35.1 Å². The highest BCUT2D eigenvalue weighted by Gasteiger charge is 2.34. The van der Waals surface area contributed by atoms with Crippen LogP contribution in [0.25, 0.3) is 0 Å². The van der Waals surface area contributed by atoms with Gasteiger partial charge in [0.05, 0.1) is 5.56 Å². The standard InChI is InChI=1S/C19H22F3N7OS/c1-31-17-13(10-24)16(27-18(26)28-17)29(14(15(25)30)7-2-3-8-23)12-6-4-5-11(9-12)19(20,21)22/h4-6,9,14H,2-3,7-8,23H2,1H3,(H2,25,30)(H2,26,27,28)/t14-/m0/s1. The van der Waals surface area contributed by atoms with Gasteiger partial charge in [0.2, 0.25) is 11.9 Å². The zero-order valence-corrected chi connectivity index (χ0v) is 17.5. The second-order valence-electron chi connectivity index (χ2n) is 6.52. The van der Waals surface area contributed by atoms with E-state index in [0.717, 1.165) is 23.9 Å². The maximum Gasteiger partial charge on any atom is 0.416 e. The highest BCUT2D eigenvalue weighted by molar-refractivity contribution is 7.98. The highest BCUT2D eigenvalue weighted by Crippen LogP contribution is 2.37. The third kappa shape index (κ3) is 5.77. The van der Waals surface area contributed by atoms with E-state index in [1.807, 2.05) is 6.07 Å². The molecule has 0 fully saturated rings. The Bertz CT molecular complexity index is 978. The van der Waals surface area contributed by atoms with E-state index in [0.29, 0.717) is 19.4 Å². The number of anilines is 3. The number of nitrogens with two attached hydrogens (primary N) is 3. The molecule has 0 aliphatic heterocycles. The number of alkyl halides is 3. The van der Waals surface area contributed by atoms with Gasteiger partial charge in [-0.05, 0) is 50.3 Å². The molecule has 0 radical (unpaired) electrons. The van der Waals surface area contributed by atoms with E-state index in [-0.39, 0.29) is 34.5 Å². The molecule has 2 rings (SSSR count). The number of primary amides is 1. The number of nitrogens with zero attached hydrogens (tertiary/aromatic N) is 4. The van der Waals surface area contributed by atoms with Crippen molar-refractivity contribution in [2.75, 3.05) is 23.4 Å². The van der Waals surface area contributed by atoms with Gasteiger partial charge in [0.1, 0.15) is 22.7 Å². The third-order valence-electron chi connectivity index (χ3n) is 4.43. The summed E-state index contributed by atoms with van der Waals surface area (Å²) in [6.45, 7) is 0.371. The van der Waals surface area contributed by atoms with E-state index >= 15 is 0 Å². The molecule has 31 heavy (non-hydrogen) atoms. The third-order valence-corrected chi connectivity index (χ3v) is 5.11. The lowest BCUT2D eigenvalue weighted by molar-refractivity contribution is -0.137. The highest BCUT2D eigenvalue weighted by atomic mass is 32.2. The molecule has 8 nitrogen and oxygen atoms in total. The molecule has 166 valence electrons. The van der Waals surface area contributed by atoms with Crippen LogP contribution in [0.2, 0.25) is 0 Å². The minimum Gasteiger partial charge on any atom is -0.368 e. The van der Waals surface area contributed by atoms with Gasteiger partial charge in [-0.3, -0.25) is 4.79 Å².